The molecule has 0 bridgehead atoms. The number of ether oxygens (including phenoxy) is 3. The number of hydrogen-bond acceptors (Lipinski definition) is 7. The molecule has 0 aliphatic carbocycles. The number of hydrogen-bond donors (Lipinski definition) is 3. The normalized spacial score (nSPS) is 15.4. The monoisotopic (exact) mass is 512 g/mol. The number of rotatable bonds is 10. The van der Waals surface area contributed by atoms with E-state index in [0.717, 1.165) is 5.56 Å². The molecule has 10 nitrogen and oxygen atoms in total. The van der Waals surface area contributed by atoms with Gasteiger partial charge in [-0.1, -0.05) is 57.2 Å². The fraction of sp³-hybridized carbons (Fsp3) is 0.407. The third-order valence-corrected chi connectivity index (χ3v) is 5.38. The van der Waals surface area contributed by atoms with Crippen LogP contribution in [0, 0.1) is 5.41 Å². The molecule has 3 N–H and O–H groups in total. The van der Waals surface area contributed by atoms with Crippen LogP contribution in [0.2, 0.25) is 0 Å². The first kappa shape index (κ1) is 27.5. The molecule has 0 saturated heterocycles. The van der Waals surface area contributed by atoms with Gasteiger partial charge in [0.25, 0.3) is 5.91 Å². The Morgan fingerprint density at radius 1 is 1.08 bits per heavy atom. The number of fused-ring (bicyclic) bond motifs is 1. The summed E-state index contributed by atoms with van der Waals surface area (Å²) in [6, 6.07) is 12.9. The van der Waals surface area contributed by atoms with Crippen LogP contribution in [0.1, 0.15) is 44.7 Å². The molecule has 2 atom stereocenters. The van der Waals surface area contributed by atoms with Crippen molar-refractivity contribution in [1.82, 2.24) is 5.32 Å². The van der Waals surface area contributed by atoms with E-state index in [-0.39, 0.29) is 37.9 Å². The fourth-order valence-corrected chi connectivity index (χ4v) is 3.48. The summed E-state index contributed by atoms with van der Waals surface area (Å²) in [6.07, 6.45) is -1.56. The summed E-state index contributed by atoms with van der Waals surface area (Å²) in [6.45, 7) is 5.96. The minimum absolute atomic E-state index is 0.00954. The molecule has 0 radical (unpaired) electrons. The predicted octanol–water partition coefficient (Wildman–Crippen LogP) is 3.68. The fourth-order valence-electron chi connectivity index (χ4n) is 3.48. The summed E-state index contributed by atoms with van der Waals surface area (Å²) >= 11 is 0. The van der Waals surface area contributed by atoms with Gasteiger partial charge in [-0.05, 0) is 28.7 Å². The molecule has 10 heteroatoms. The van der Waals surface area contributed by atoms with E-state index in [2.05, 4.69) is 10.6 Å². The van der Waals surface area contributed by atoms with Crippen molar-refractivity contribution in [3.05, 3.63) is 59.7 Å². The summed E-state index contributed by atoms with van der Waals surface area (Å²) < 4.78 is 16.1. The predicted molar refractivity (Wildman–Crippen MR) is 134 cm³/mol. The van der Waals surface area contributed by atoms with Gasteiger partial charge in [-0.15, -0.1) is 0 Å². The van der Waals surface area contributed by atoms with Gasteiger partial charge in [-0.25, -0.2) is 9.59 Å². The van der Waals surface area contributed by atoms with Crippen LogP contribution < -0.4 is 15.4 Å². The highest BCUT2D eigenvalue weighted by Gasteiger charge is 2.29. The number of benzene rings is 2. The topological polar surface area (TPSA) is 140 Å². The van der Waals surface area contributed by atoms with Crippen LogP contribution in [0.25, 0.3) is 0 Å². The number of anilines is 1. The smallest absolute Gasteiger partial charge is 0.407 e. The first-order valence-electron chi connectivity index (χ1n) is 12.0. The van der Waals surface area contributed by atoms with Gasteiger partial charge >= 0.3 is 18.0 Å². The first-order chi connectivity index (χ1) is 17.5. The average Bonchev–Trinajstić information content (AvgIpc) is 2.84. The lowest BCUT2D eigenvalue weighted by Crippen LogP contribution is -2.43. The summed E-state index contributed by atoms with van der Waals surface area (Å²) in [5, 5.41) is 14.6. The van der Waals surface area contributed by atoms with Crippen molar-refractivity contribution in [3.8, 4) is 5.75 Å². The highest BCUT2D eigenvalue weighted by molar-refractivity contribution is 5.98. The minimum atomic E-state index is -1.22. The molecule has 2 aromatic carbocycles. The molecule has 1 heterocycles. The number of carbonyl (C=O) groups excluding carboxylic acids is 3. The Bertz CT molecular complexity index is 1130. The lowest BCUT2D eigenvalue weighted by molar-refractivity contribution is -0.145. The van der Waals surface area contributed by atoms with Crippen LogP contribution in [0.15, 0.2) is 48.5 Å². The highest BCUT2D eigenvalue weighted by Crippen LogP contribution is 2.32. The molecule has 2 amide bonds. The van der Waals surface area contributed by atoms with Gasteiger partial charge in [0.05, 0.1) is 12.3 Å². The summed E-state index contributed by atoms with van der Waals surface area (Å²) in [5.41, 5.74) is 1.56. The summed E-state index contributed by atoms with van der Waals surface area (Å²) in [5.74, 6) is -1.67. The quantitative estimate of drug-likeness (QED) is 0.410. The number of esters is 1. The molecule has 1 aliphatic heterocycles. The number of carboxylic acids is 1. The second-order valence-corrected chi connectivity index (χ2v) is 9.99. The second-order valence-electron chi connectivity index (χ2n) is 9.99. The molecule has 1 aliphatic rings. The first-order valence-corrected chi connectivity index (χ1v) is 12.0. The van der Waals surface area contributed by atoms with E-state index in [1.54, 1.807) is 18.2 Å². The number of amides is 2. The molecule has 0 spiro atoms. The number of nitrogens with one attached hydrogen (secondary N) is 2. The van der Waals surface area contributed by atoms with E-state index < -0.39 is 36.1 Å². The van der Waals surface area contributed by atoms with Crippen LogP contribution in [-0.4, -0.2) is 47.8 Å². The molecular formula is C27H32N2O8. The lowest BCUT2D eigenvalue weighted by Gasteiger charge is -2.26. The SMILES string of the molecule is CC(C)(C)COC(=O)NC(Cc1ccc2c(c1)NC(=O)[C@H](CCC(=O)OCc1ccccc1)O2)C(=O)O. The molecule has 0 aromatic heterocycles. The van der Waals surface area contributed by atoms with Crippen molar-refractivity contribution < 1.29 is 38.5 Å². The van der Waals surface area contributed by atoms with Crippen molar-refractivity contribution in [3.63, 3.8) is 0 Å². The Labute approximate surface area is 215 Å². The van der Waals surface area contributed by atoms with Crippen LogP contribution in [0.3, 0.4) is 0 Å². The van der Waals surface area contributed by atoms with E-state index >= 15 is 0 Å². The average molecular weight is 513 g/mol. The van der Waals surface area contributed by atoms with Gasteiger partial charge in [0.15, 0.2) is 6.10 Å². The Morgan fingerprint density at radius 2 is 1.81 bits per heavy atom. The molecule has 0 fully saturated rings. The summed E-state index contributed by atoms with van der Waals surface area (Å²) in [7, 11) is 0. The zero-order valence-corrected chi connectivity index (χ0v) is 21.1. The lowest BCUT2D eigenvalue weighted by atomic mass is 9.99. The number of carboxylic acid groups (broad SMARTS) is 1. The van der Waals surface area contributed by atoms with E-state index in [0.29, 0.717) is 17.0 Å². The number of aliphatic carboxylic acids is 1. The van der Waals surface area contributed by atoms with Gasteiger partial charge < -0.3 is 30.0 Å². The zero-order chi connectivity index (χ0) is 27.0. The third kappa shape index (κ3) is 8.82. The largest absolute Gasteiger partial charge is 0.480 e. The van der Waals surface area contributed by atoms with E-state index in [1.165, 1.54) is 0 Å². The maximum Gasteiger partial charge on any atom is 0.407 e. The van der Waals surface area contributed by atoms with Crippen molar-refractivity contribution in [2.75, 3.05) is 11.9 Å². The molecule has 2 aromatic rings. The molecule has 0 saturated carbocycles. The number of carbonyl (C=O) groups is 4. The van der Waals surface area contributed by atoms with E-state index in [1.807, 2.05) is 51.1 Å². The van der Waals surface area contributed by atoms with Gasteiger partial charge in [-0.2, -0.15) is 0 Å². The Kier molecular flexibility index (Phi) is 9.10. The zero-order valence-electron chi connectivity index (χ0n) is 21.1. The van der Waals surface area contributed by atoms with Crippen molar-refractivity contribution >= 4 is 29.6 Å². The van der Waals surface area contributed by atoms with Crippen LogP contribution in [0.4, 0.5) is 10.5 Å². The maximum absolute atomic E-state index is 12.5. The van der Waals surface area contributed by atoms with E-state index in [9.17, 15) is 24.3 Å². The molecule has 37 heavy (non-hydrogen) atoms. The molecule has 3 rings (SSSR count). The Morgan fingerprint density at radius 3 is 2.49 bits per heavy atom. The summed E-state index contributed by atoms with van der Waals surface area (Å²) in [4.78, 5) is 48.3. The van der Waals surface area contributed by atoms with Gasteiger partial charge in [0.1, 0.15) is 18.4 Å². The molecule has 198 valence electrons. The van der Waals surface area contributed by atoms with Gasteiger partial charge in [0.2, 0.25) is 0 Å². The second kappa shape index (κ2) is 12.2. The highest BCUT2D eigenvalue weighted by atomic mass is 16.6. The Balaban J connectivity index is 1.53. The van der Waals surface area contributed by atoms with Crippen LogP contribution >= 0.6 is 0 Å². The van der Waals surface area contributed by atoms with Gasteiger partial charge in [-0.3, -0.25) is 9.59 Å². The van der Waals surface area contributed by atoms with Crippen molar-refractivity contribution in [2.45, 2.75) is 58.8 Å². The van der Waals surface area contributed by atoms with Crippen molar-refractivity contribution in [1.29, 1.82) is 0 Å². The van der Waals surface area contributed by atoms with Crippen molar-refractivity contribution in [2.24, 2.45) is 5.41 Å². The maximum atomic E-state index is 12.5. The standard InChI is InChI=1S/C27H32N2O8/c1-27(2,3)16-36-26(34)29-20(25(32)33)14-18-9-10-21-19(13-18)28-24(31)22(37-21)11-12-23(30)35-15-17-7-5-4-6-8-17/h4-10,13,20,22H,11-12,14-16H2,1-3H3,(H,28,31)(H,29,34)(H,32,33)/t20?,22-/m0/s1. The third-order valence-electron chi connectivity index (χ3n) is 5.38. The molecular weight excluding hydrogens is 480 g/mol. The Hall–Kier alpha value is -4.08. The molecule has 1 unspecified atom stereocenters. The van der Waals surface area contributed by atoms with Crippen LogP contribution in [0.5, 0.6) is 5.75 Å². The minimum Gasteiger partial charge on any atom is -0.480 e. The van der Waals surface area contributed by atoms with Crippen LogP contribution in [-0.2, 0) is 36.9 Å². The van der Waals surface area contributed by atoms with E-state index in [4.69, 9.17) is 14.2 Å². The number of alkyl carbamates (subject to hydrolysis) is 1. The van der Waals surface area contributed by atoms with Gasteiger partial charge in [0, 0.05) is 19.3 Å².